The van der Waals surface area contributed by atoms with Crippen LogP contribution in [-0.4, -0.2) is 31.3 Å². The first-order valence-corrected chi connectivity index (χ1v) is 19.7. The first kappa shape index (κ1) is 36.6. The molecular weight excluding hydrogens is 697 g/mol. The molecule has 0 radical (unpaired) electrons. The van der Waals surface area contributed by atoms with Crippen molar-refractivity contribution in [3.05, 3.63) is 163 Å². The highest BCUT2D eigenvalue weighted by atomic mass is 32.3. The van der Waals surface area contributed by atoms with Crippen molar-refractivity contribution in [2.75, 3.05) is 6.61 Å². The van der Waals surface area contributed by atoms with Crippen molar-refractivity contribution in [1.29, 1.82) is 0 Å². The van der Waals surface area contributed by atoms with Gasteiger partial charge in [0.05, 0.1) is 16.3 Å². The van der Waals surface area contributed by atoms with Gasteiger partial charge < -0.3 is 18.9 Å². The van der Waals surface area contributed by atoms with E-state index in [2.05, 4.69) is 9.97 Å². The van der Waals surface area contributed by atoms with Crippen LogP contribution in [0.5, 0.6) is 17.2 Å². The number of pyridine rings is 2. The van der Waals surface area contributed by atoms with Crippen LogP contribution < -0.4 is 14.2 Å². The van der Waals surface area contributed by atoms with Gasteiger partial charge in [-0.25, -0.2) is 3.63 Å². The molecule has 4 aromatic carbocycles. The van der Waals surface area contributed by atoms with Crippen LogP contribution in [0.4, 0.5) is 0 Å². The van der Waals surface area contributed by atoms with Crippen LogP contribution in [0.15, 0.2) is 165 Å². The Kier molecular flexibility index (Phi) is 11.9. The van der Waals surface area contributed by atoms with Crippen molar-refractivity contribution in [1.82, 2.24) is 9.97 Å². The Morgan fingerprint density at radius 1 is 0.596 bits per heavy atom. The van der Waals surface area contributed by atoms with Crippen LogP contribution in [0.2, 0.25) is 0 Å². The summed E-state index contributed by atoms with van der Waals surface area (Å²) in [4.78, 5) is 10.5. The maximum atomic E-state index is 14.4. The number of aromatic nitrogens is 2. The summed E-state index contributed by atoms with van der Waals surface area (Å²) in [5, 5.41) is 0. The van der Waals surface area contributed by atoms with E-state index in [4.69, 9.17) is 22.6 Å². The zero-order valence-electron chi connectivity index (χ0n) is 29.1. The highest BCUT2D eigenvalue weighted by molar-refractivity contribution is 8.33. The second-order valence-corrected chi connectivity index (χ2v) is 16.1. The summed E-state index contributed by atoms with van der Waals surface area (Å²) in [6.07, 6.45) is 2.94. The predicted octanol–water partition coefficient (Wildman–Crippen LogP) is 9.31. The third-order valence-corrected chi connectivity index (χ3v) is 13.0. The number of hydrogen-bond donors (Lipinski definition) is 0. The number of nitrogens with zero attached hydrogens (tertiary/aromatic N) is 2. The van der Waals surface area contributed by atoms with Gasteiger partial charge in [-0.05, 0) is 128 Å². The van der Waals surface area contributed by atoms with Crippen LogP contribution in [0.25, 0.3) is 0 Å². The van der Waals surface area contributed by atoms with E-state index in [-0.39, 0.29) is 18.1 Å². The monoisotopic (exact) mass is 736 g/mol. The van der Waals surface area contributed by atoms with E-state index in [1.807, 2.05) is 118 Å². The fraction of sp³-hybridized carbons (Fsp3) is 0.171. The standard InChI is InChI=1S/C41H40N2O7S2/c1-4-46-32(3)49-35-19-23-38(24-20-35)51(50-52(44,45)39-21-17-31(2)18-22-39,40-15-9-13-36(27-40)47-29-33-11-5-7-25-42-33)41-16-10-14-37(28-41)48-30-34-12-6-8-26-43-34/h5-28,32H,4,29-30H2,1-3H3. The van der Waals surface area contributed by atoms with E-state index in [9.17, 15) is 8.42 Å². The van der Waals surface area contributed by atoms with Crippen LogP contribution in [0.3, 0.4) is 0 Å². The molecular formula is C41H40N2O7S2. The SMILES string of the molecule is CCOC(C)Oc1ccc(S(OS(=O)(=O)c2ccc(C)cc2)(c2cccc(OCc3ccccn3)c2)c2cccc(OCc3ccccn3)c2)cc1. The Morgan fingerprint density at radius 3 is 1.63 bits per heavy atom. The summed E-state index contributed by atoms with van der Waals surface area (Å²) in [5.41, 5.74) is 2.42. The van der Waals surface area contributed by atoms with Crippen molar-refractivity contribution in [3.8, 4) is 17.2 Å². The van der Waals surface area contributed by atoms with Gasteiger partial charge in [0.2, 0.25) is 0 Å². The van der Waals surface area contributed by atoms with E-state index in [1.165, 1.54) is 0 Å². The molecule has 1 unspecified atom stereocenters. The van der Waals surface area contributed by atoms with Crippen molar-refractivity contribution in [3.63, 3.8) is 0 Å². The Balaban J connectivity index is 1.51. The molecule has 6 aromatic rings. The van der Waals surface area contributed by atoms with Crippen LogP contribution in [0, 0.1) is 6.92 Å². The largest absolute Gasteiger partial charge is 0.487 e. The lowest BCUT2D eigenvalue weighted by Gasteiger charge is -2.39. The van der Waals surface area contributed by atoms with Gasteiger partial charge in [-0.2, -0.15) is 8.42 Å². The number of hydrogen-bond acceptors (Lipinski definition) is 9. The zero-order chi connectivity index (χ0) is 36.4. The van der Waals surface area contributed by atoms with Crippen molar-refractivity contribution in [2.24, 2.45) is 0 Å². The number of ether oxygens (including phenoxy) is 4. The number of benzene rings is 4. The smallest absolute Gasteiger partial charge is 0.307 e. The van der Waals surface area contributed by atoms with Gasteiger partial charge in [0.1, 0.15) is 30.5 Å². The summed E-state index contributed by atoms with van der Waals surface area (Å²) >= 11 is 0. The average molecular weight is 737 g/mol. The van der Waals surface area contributed by atoms with Gasteiger partial charge in [0.15, 0.2) is 6.29 Å². The van der Waals surface area contributed by atoms with Gasteiger partial charge in [-0.15, -0.1) is 0 Å². The van der Waals surface area contributed by atoms with E-state index >= 15 is 0 Å². The molecule has 2 aromatic heterocycles. The Hall–Kier alpha value is -5.20. The molecule has 9 nitrogen and oxygen atoms in total. The summed E-state index contributed by atoms with van der Waals surface area (Å²) in [6.45, 7) is 6.54. The highest BCUT2D eigenvalue weighted by Gasteiger charge is 2.39. The quantitative estimate of drug-likeness (QED) is 0.0899. The predicted molar refractivity (Wildman–Crippen MR) is 200 cm³/mol. The molecule has 2 heterocycles. The molecule has 52 heavy (non-hydrogen) atoms. The molecule has 0 spiro atoms. The van der Waals surface area contributed by atoms with Gasteiger partial charge in [-0.3, -0.25) is 9.97 Å². The number of rotatable bonds is 16. The van der Waals surface area contributed by atoms with Crippen LogP contribution >= 0.6 is 10.3 Å². The third-order valence-electron chi connectivity index (χ3n) is 7.86. The average Bonchev–Trinajstić information content (AvgIpc) is 3.17. The molecule has 11 heteroatoms. The fourth-order valence-corrected chi connectivity index (χ4v) is 10.6. The topological polar surface area (TPSA) is 106 Å². The Labute approximate surface area is 306 Å². The Bertz CT molecular complexity index is 2060. The zero-order valence-corrected chi connectivity index (χ0v) is 30.8. The first-order valence-electron chi connectivity index (χ1n) is 16.8. The van der Waals surface area contributed by atoms with Gasteiger partial charge >= 0.3 is 10.1 Å². The molecule has 0 aliphatic rings. The molecule has 268 valence electrons. The molecule has 0 bridgehead atoms. The summed E-state index contributed by atoms with van der Waals surface area (Å²) in [6, 6.07) is 39.7. The second kappa shape index (κ2) is 16.9. The lowest BCUT2D eigenvalue weighted by molar-refractivity contribution is -0.0613. The summed E-state index contributed by atoms with van der Waals surface area (Å²) in [5.74, 6) is 1.59. The molecule has 0 saturated heterocycles. The van der Waals surface area contributed by atoms with E-state index < -0.39 is 26.7 Å². The van der Waals surface area contributed by atoms with Gasteiger partial charge in [-0.1, -0.05) is 42.0 Å². The molecule has 0 fully saturated rings. The lowest BCUT2D eigenvalue weighted by Crippen LogP contribution is -2.16. The van der Waals surface area contributed by atoms with Gasteiger partial charge in [0, 0.05) is 33.7 Å². The van der Waals surface area contributed by atoms with Crippen LogP contribution in [-0.2, 0) is 31.7 Å². The summed E-state index contributed by atoms with van der Waals surface area (Å²) < 4.78 is 59.5. The molecule has 0 amide bonds. The maximum Gasteiger partial charge on any atom is 0.307 e. The molecule has 1 atom stereocenters. The van der Waals surface area contributed by atoms with E-state index in [0.29, 0.717) is 38.5 Å². The minimum atomic E-state index is -4.37. The van der Waals surface area contributed by atoms with Crippen molar-refractivity contribution in [2.45, 2.75) is 59.9 Å². The van der Waals surface area contributed by atoms with Crippen molar-refractivity contribution < 1.29 is 31.0 Å². The molecule has 0 N–H and O–H groups in total. The van der Waals surface area contributed by atoms with Gasteiger partial charge in [0.25, 0.3) is 0 Å². The summed E-state index contributed by atoms with van der Waals surface area (Å²) in [7, 11) is -7.45. The lowest BCUT2D eigenvalue weighted by atomic mass is 10.2. The van der Waals surface area contributed by atoms with Crippen molar-refractivity contribution >= 4 is 20.4 Å². The minimum Gasteiger partial charge on any atom is -0.487 e. The maximum absolute atomic E-state index is 14.4. The van der Waals surface area contributed by atoms with E-state index in [1.54, 1.807) is 48.8 Å². The van der Waals surface area contributed by atoms with E-state index in [0.717, 1.165) is 17.0 Å². The molecule has 0 saturated carbocycles. The normalized spacial score (nSPS) is 12.5. The minimum absolute atomic E-state index is 0.0329. The first-order chi connectivity index (χ1) is 25.2. The molecule has 6 rings (SSSR count). The fourth-order valence-electron chi connectivity index (χ4n) is 5.34. The third kappa shape index (κ3) is 8.99. The molecule has 0 aliphatic heterocycles. The second-order valence-electron chi connectivity index (χ2n) is 11.7. The van der Waals surface area contributed by atoms with Crippen LogP contribution in [0.1, 0.15) is 30.8 Å². The Morgan fingerprint density at radius 2 is 1.13 bits per heavy atom. The molecule has 0 aliphatic carbocycles. The number of aryl methyl sites for hydroxylation is 1. The highest BCUT2D eigenvalue weighted by Crippen LogP contribution is 2.71.